The van der Waals surface area contributed by atoms with Gasteiger partial charge in [0.1, 0.15) is 5.82 Å². The zero-order chi connectivity index (χ0) is 28.0. The van der Waals surface area contributed by atoms with E-state index in [4.69, 9.17) is 10.2 Å². The second kappa shape index (κ2) is 11.9. The summed E-state index contributed by atoms with van der Waals surface area (Å²) in [6, 6.07) is 27.2. The maximum absolute atomic E-state index is 12.5. The van der Waals surface area contributed by atoms with Crippen molar-refractivity contribution < 1.29 is 4.79 Å². The van der Waals surface area contributed by atoms with Crippen LogP contribution in [0.15, 0.2) is 97.5 Å². The van der Waals surface area contributed by atoms with Crippen LogP contribution < -0.4 is 10.2 Å². The summed E-state index contributed by atoms with van der Waals surface area (Å²) in [5, 5.41) is 11.9. The Balaban J connectivity index is 1.09. The van der Waals surface area contributed by atoms with Crippen LogP contribution >= 0.6 is 0 Å². The molecule has 1 saturated heterocycles. The number of amides is 1. The molecule has 5 aromatic rings. The molecule has 0 saturated carbocycles. The van der Waals surface area contributed by atoms with Gasteiger partial charge in [0.25, 0.3) is 0 Å². The molecule has 0 radical (unpaired) electrons. The highest BCUT2D eigenvalue weighted by molar-refractivity contribution is 5.92. The first kappa shape index (κ1) is 26.1. The number of pyridine rings is 1. The first-order valence-corrected chi connectivity index (χ1v) is 13.7. The number of nitrogens with zero attached hydrogens (tertiary/aromatic N) is 6. The van der Waals surface area contributed by atoms with Gasteiger partial charge < -0.3 is 10.2 Å². The molecule has 0 spiro atoms. The van der Waals surface area contributed by atoms with Gasteiger partial charge in [-0.25, -0.2) is 4.98 Å². The fourth-order valence-electron chi connectivity index (χ4n) is 5.05. The van der Waals surface area contributed by atoms with Crippen LogP contribution in [0.5, 0.6) is 0 Å². The van der Waals surface area contributed by atoms with E-state index in [1.54, 1.807) is 24.3 Å². The second-order valence-corrected chi connectivity index (χ2v) is 10.2. The molecular formula is C33H29N7O. The van der Waals surface area contributed by atoms with Gasteiger partial charge in [0.2, 0.25) is 5.91 Å². The van der Waals surface area contributed by atoms with Crippen molar-refractivity contribution in [2.75, 3.05) is 36.4 Å². The van der Waals surface area contributed by atoms with Crippen molar-refractivity contribution in [3.63, 3.8) is 0 Å². The number of carbonyl (C=O) groups is 1. The molecule has 1 aliphatic heterocycles. The maximum atomic E-state index is 12.5. The summed E-state index contributed by atoms with van der Waals surface area (Å²) in [6.45, 7) is 4.64. The highest BCUT2D eigenvalue weighted by Crippen LogP contribution is 2.26. The summed E-state index contributed by atoms with van der Waals surface area (Å²) in [5.74, 6) is 0.796. The third-order valence-corrected chi connectivity index (χ3v) is 7.30. The van der Waals surface area contributed by atoms with Gasteiger partial charge >= 0.3 is 0 Å². The van der Waals surface area contributed by atoms with Crippen molar-refractivity contribution in [2.24, 2.45) is 0 Å². The van der Waals surface area contributed by atoms with Crippen LogP contribution in [-0.4, -0.2) is 51.9 Å². The Bertz CT molecular complexity index is 1690. The van der Waals surface area contributed by atoms with E-state index in [0.717, 1.165) is 72.0 Å². The molecule has 41 heavy (non-hydrogen) atoms. The Labute approximate surface area is 238 Å². The number of benzene rings is 3. The predicted octanol–water partition coefficient (Wildman–Crippen LogP) is 5.07. The molecule has 0 aliphatic carbocycles. The van der Waals surface area contributed by atoms with Crippen LogP contribution in [0.4, 0.5) is 11.5 Å². The smallest absolute Gasteiger partial charge is 0.228 e. The molecule has 3 heterocycles. The number of anilines is 2. The third-order valence-electron chi connectivity index (χ3n) is 7.30. The minimum atomic E-state index is -0.103. The van der Waals surface area contributed by atoms with Gasteiger partial charge in [0.15, 0.2) is 0 Å². The van der Waals surface area contributed by atoms with Crippen LogP contribution in [0.25, 0.3) is 22.2 Å². The van der Waals surface area contributed by atoms with Crippen LogP contribution in [0.1, 0.15) is 16.7 Å². The van der Waals surface area contributed by atoms with Crippen molar-refractivity contribution >= 4 is 28.4 Å². The highest BCUT2D eigenvalue weighted by atomic mass is 16.1. The van der Waals surface area contributed by atoms with Crippen LogP contribution in [0.3, 0.4) is 0 Å². The number of carbonyl (C=O) groups excluding carboxylic acids is 1. The molecule has 0 unspecified atom stereocenters. The second-order valence-electron chi connectivity index (χ2n) is 10.2. The fraction of sp³-hybridized carbons (Fsp3) is 0.182. The van der Waals surface area contributed by atoms with Crippen molar-refractivity contribution in [3.8, 4) is 17.2 Å². The number of nitrogens with one attached hydrogen (secondary N) is 1. The van der Waals surface area contributed by atoms with E-state index in [1.807, 2.05) is 61.1 Å². The van der Waals surface area contributed by atoms with Crippen molar-refractivity contribution in [3.05, 3.63) is 114 Å². The van der Waals surface area contributed by atoms with E-state index in [1.165, 1.54) is 5.56 Å². The third kappa shape index (κ3) is 6.38. The molecule has 2 aromatic heterocycles. The number of rotatable bonds is 7. The summed E-state index contributed by atoms with van der Waals surface area (Å²) in [5.41, 5.74) is 7.21. The minimum absolute atomic E-state index is 0.103. The summed E-state index contributed by atoms with van der Waals surface area (Å²) >= 11 is 0. The molecule has 1 aliphatic rings. The Morgan fingerprint density at radius 1 is 0.854 bits per heavy atom. The Morgan fingerprint density at radius 2 is 1.63 bits per heavy atom. The number of hydrogen-bond acceptors (Lipinski definition) is 7. The molecule has 0 bridgehead atoms. The number of nitriles is 1. The quantitative estimate of drug-likeness (QED) is 0.308. The zero-order valence-corrected chi connectivity index (χ0v) is 22.6. The molecule has 6 rings (SSSR count). The van der Waals surface area contributed by atoms with Gasteiger partial charge in [-0.2, -0.15) is 5.26 Å². The van der Waals surface area contributed by atoms with E-state index in [-0.39, 0.29) is 12.3 Å². The number of fused-ring (bicyclic) bond motifs is 1. The molecule has 1 amide bonds. The van der Waals surface area contributed by atoms with Gasteiger partial charge in [-0.3, -0.25) is 19.7 Å². The van der Waals surface area contributed by atoms with Gasteiger partial charge in [-0.15, -0.1) is 0 Å². The maximum Gasteiger partial charge on any atom is 0.228 e. The van der Waals surface area contributed by atoms with Crippen LogP contribution in [0.2, 0.25) is 0 Å². The molecule has 1 fully saturated rings. The lowest BCUT2D eigenvalue weighted by Crippen LogP contribution is -2.46. The molecule has 8 heteroatoms. The van der Waals surface area contributed by atoms with Crippen molar-refractivity contribution in [1.82, 2.24) is 19.9 Å². The largest absolute Gasteiger partial charge is 0.353 e. The van der Waals surface area contributed by atoms with Gasteiger partial charge in [0.05, 0.1) is 35.3 Å². The normalized spacial score (nSPS) is 13.6. The lowest BCUT2D eigenvalue weighted by Gasteiger charge is -2.35. The SMILES string of the molecule is N#Cc1ccc(CC(=O)Nc2ccc(-c3ccc4ncc(N5CCN(Cc6cccnc6)CC5)nc4c3)cc2)cc1. The van der Waals surface area contributed by atoms with Crippen molar-refractivity contribution in [2.45, 2.75) is 13.0 Å². The molecule has 3 aromatic carbocycles. The summed E-state index contributed by atoms with van der Waals surface area (Å²) in [6.07, 6.45) is 5.86. The van der Waals surface area contributed by atoms with E-state index >= 15 is 0 Å². The molecular weight excluding hydrogens is 510 g/mol. The average molecular weight is 540 g/mol. The predicted molar refractivity (Wildman–Crippen MR) is 160 cm³/mol. The summed E-state index contributed by atoms with van der Waals surface area (Å²) in [4.78, 5) is 31.1. The minimum Gasteiger partial charge on any atom is -0.353 e. The molecule has 202 valence electrons. The fourth-order valence-corrected chi connectivity index (χ4v) is 5.05. The first-order valence-electron chi connectivity index (χ1n) is 13.7. The van der Waals surface area contributed by atoms with Crippen LogP contribution in [-0.2, 0) is 17.8 Å². The van der Waals surface area contributed by atoms with E-state index in [9.17, 15) is 4.79 Å². The first-order chi connectivity index (χ1) is 20.1. The number of aromatic nitrogens is 3. The Kier molecular flexibility index (Phi) is 7.61. The Hall–Kier alpha value is -5.13. The monoisotopic (exact) mass is 539 g/mol. The van der Waals surface area contributed by atoms with Gasteiger partial charge in [-0.05, 0) is 64.7 Å². The van der Waals surface area contributed by atoms with Crippen molar-refractivity contribution in [1.29, 1.82) is 5.26 Å². The topological polar surface area (TPSA) is 98.0 Å². The molecule has 0 atom stereocenters. The van der Waals surface area contributed by atoms with Crippen LogP contribution in [0, 0.1) is 11.3 Å². The number of piperazine rings is 1. The molecule has 1 N–H and O–H groups in total. The number of hydrogen-bond donors (Lipinski definition) is 1. The Morgan fingerprint density at radius 3 is 2.37 bits per heavy atom. The lowest BCUT2D eigenvalue weighted by molar-refractivity contribution is -0.115. The van der Waals surface area contributed by atoms with E-state index < -0.39 is 0 Å². The molecule has 8 nitrogen and oxygen atoms in total. The van der Waals surface area contributed by atoms with E-state index in [0.29, 0.717) is 5.56 Å². The zero-order valence-electron chi connectivity index (χ0n) is 22.6. The van der Waals surface area contributed by atoms with E-state index in [2.05, 4.69) is 43.3 Å². The highest BCUT2D eigenvalue weighted by Gasteiger charge is 2.19. The average Bonchev–Trinajstić information content (AvgIpc) is 3.02. The standard InChI is InChI=1S/C33H29N7O/c34-20-25-5-3-24(4-6-25)18-33(41)37-29-10-7-27(8-11-29)28-9-12-30-31(19-28)38-32(22-36-30)40-16-14-39(15-17-40)23-26-2-1-13-35-21-26/h1-13,19,21-22H,14-18,23H2,(H,37,41). The summed E-state index contributed by atoms with van der Waals surface area (Å²) in [7, 11) is 0. The van der Waals surface area contributed by atoms with Gasteiger partial charge in [-0.1, -0.05) is 36.4 Å². The van der Waals surface area contributed by atoms with Gasteiger partial charge in [0, 0.05) is 50.8 Å². The summed E-state index contributed by atoms with van der Waals surface area (Å²) < 4.78 is 0. The lowest BCUT2D eigenvalue weighted by atomic mass is 10.0.